The van der Waals surface area contributed by atoms with E-state index in [0.717, 1.165) is 0 Å². The third-order valence-corrected chi connectivity index (χ3v) is 1.95. The summed E-state index contributed by atoms with van der Waals surface area (Å²) in [7, 11) is 0. The van der Waals surface area contributed by atoms with Crippen LogP contribution in [0.25, 0.3) is 0 Å². The van der Waals surface area contributed by atoms with Gasteiger partial charge < -0.3 is 5.11 Å². The molecule has 1 unspecified atom stereocenters. The molecule has 0 saturated heterocycles. The average Bonchev–Trinajstić information content (AvgIpc) is 2.03. The number of carboxylic acid groups (broad SMARTS) is 1. The van der Waals surface area contributed by atoms with Crippen molar-refractivity contribution in [3.63, 3.8) is 0 Å². The Morgan fingerprint density at radius 1 is 1.54 bits per heavy atom. The zero-order chi connectivity index (χ0) is 10.3. The van der Waals surface area contributed by atoms with E-state index in [0.29, 0.717) is 25.7 Å². The van der Waals surface area contributed by atoms with Crippen LogP contribution in [0, 0.1) is 10.1 Å². The summed E-state index contributed by atoms with van der Waals surface area (Å²) in [6.07, 6.45) is 2.25. The number of rotatable bonds is 7. The Morgan fingerprint density at radius 2 is 2.15 bits per heavy atom. The van der Waals surface area contributed by atoms with Crippen LogP contribution in [0.15, 0.2) is 0 Å². The second-order valence-electron chi connectivity index (χ2n) is 2.99. The molecular formula is C8H15NO4. The van der Waals surface area contributed by atoms with Crippen LogP contribution in [-0.2, 0) is 4.79 Å². The quantitative estimate of drug-likeness (QED) is 0.375. The Labute approximate surface area is 76.9 Å². The van der Waals surface area contributed by atoms with E-state index in [2.05, 4.69) is 0 Å². The van der Waals surface area contributed by atoms with Gasteiger partial charge in [0.15, 0.2) is 0 Å². The molecule has 0 aromatic carbocycles. The zero-order valence-corrected chi connectivity index (χ0v) is 7.73. The molecule has 0 aliphatic heterocycles. The minimum Gasteiger partial charge on any atom is -0.481 e. The van der Waals surface area contributed by atoms with Crippen LogP contribution >= 0.6 is 0 Å². The number of nitro groups is 1. The number of aliphatic carboxylic acids is 1. The van der Waals surface area contributed by atoms with E-state index in [-0.39, 0.29) is 11.3 Å². The lowest BCUT2D eigenvalue weighted by molar-refractivity contribution is -0.523. The minimum atomic E-state index is -0.839. The van der Waals surface area contributed by atoms with Crippen molar-refractivity contribution in [2.45, 2.75) is 45.1 Å². The van der Waals surface area contributed by atoms with Crippen molar-refractivity contribution in [2.75, 3.05) is 0 Å². The fourth-order valence-corrected chi connectivity index (χ4v) is 1.11. The molecule has 0 aromatic rings. The van der Waals surface area contributed by atoms with E-state index in [9.17, 15) is 14.9 Å². The highest BCUT2D eigenvalue weighted by molar-refractivity contribution is 5.66. The maximum atomic E-state index is 10.3. The lowest BCUT2D eigenvalue weighted by Crippen LogP contribution is -2.17. The summed E-state index contributed by atoms with van der Waals surface area (Å²) in [5.74, 6) is -0.839. The largest absolute Gasteiger partial charge is 0.481 e. The molecule has 0 fully saturated rings. The molecule has 0 saturated carbocycles. The summed E-state index contributed by atoms with van der Waals surface area (Å²) < 4.78 is 0. The standard InChI is InChI=1S/C8H15NO4/c1-2-7(9(12)13)5-3-4-6-8(10)11/h7H,2-6H2,1H3,(H,10,11). The normalized spacial score (nSPS) is 12.4. The molecule has 0 aliphatic carbocycles. The van der Waals surface area contributed by atoms with Crippen LogP contribution in [0.2, 0.25) is 0 Å². The summed E-state index contributed by atoms with van der Waals surface area (Å²) in [5.41, 5.74) is 0. The van der Waals surface area contributed by atoms with Crippen molar-refractivity contribution in [1.29, 1.82) is 0 Å². The second-order valence-corrected chi connectivity index (χ2v) is 2.99. The number of nitrogens with zero attached hydrogens (tertiary/aromatic N) is 1. The maximum Gasteiger partial charge on any atom is 0.303 e. The number of carbonyl (C=O) groups is 1. The molecule has 0 rings (SSSR count). The number of hydrogen-bond donors (Lipinski definition) is 1. The van der Waals surface area contributed by atoms with Crippen molar-refractivity contribution in [3.05, 3.63) is 10.1 Å². The van der Waals surface area contributed by atoms with Gasteiger partial charge in [-0.3, -0.25) is 14.9 Å². The molecule has 5 nitrogen and oxygen atoms in total. The van der Waals surface area contributed by atoms with Crippen LogP contribution in [0.4, 0.5) is 0 Å². The molecular weight excluding hydrogens is 174 g/mol. The van der Waals surface area contributed by atoms with Crippen LogP contribution in [0.3, 0.4) is 0 Å². The van der Waals surface area contributed by atoms with E-state index in [4.69, 9.17) is 5.11 Å². The predicted octanol–water partition coefficient (Wildman–Crippen LogP) is 1.69. The summed E-state index contributed by atoms with van der Waals surface area (Å²) in [6.45, 7) is 1.77. The van der Waals surface area contributed by atoms with Gasteiger partial charge in [0.05, 0.1) is 0 Å². The van der Waals surface area contributed by atoms with Gasteiger partial charge in [-0.05, 0) is 12.8 Å². The number of unbranched alkanes of at least 4 members (excludes halogenated alkanes) is 1. The van der Waals surface area contributed by atoms with Crippen LogP contribution in [0.1, 0.15) is 39.0 Å². The molecule has 5 heteroatoms. The van der Waals surface area contributed by atoms with Crippen LogP contribution < -0.4 is 0 Å². The molecule has 0 aliphatic rings. The topological polar surface area (TPSA) is 80.4 Å². The molecule has 0 radical (unpaired) electrons. The zero-order valence-electron chi connectivity index (χ0n) is 7.73. The molecule has 0 spiro atoms. The van der Waals surface area contributed by atoms with Gasteiger partial charge in [0, 0.05) is 24.2 Å². The highest BCUT2D eigenvalue weighted by Crippen LogP contribution is 2.08. The van der Waals surface area contributed by atoms with Crippen molar-refractivity contribution in [1.82, 2.24) is 0 Å². The monoisotopic (exact) mass is 189 g/mol. The smallest absolute Gasteiger partial charge is 0.303 e. The van der Waals surface area contributed by atoms with Gasteiger partial charge in [0.1, 0.15) is 0 Å². The first-order chi connectivity index (χ1) is 6.07. The SMILES string of the molecule is CCC(CCCCC(=O)O)[N+](=O)[O-]. The van der Waals surface area contributed by atoms with Gasteiger partial charge in [-0.1, -0.05) is 6.92 Å². The summed E-state index contributed by atoms with van der Waals surface area (Å²) in [4.78, 5) is 20.2. The van der Waals surface area contributed by atoms with E-state index in [1.807, 2.05) is 0 Å². The van der Waals surface area contributed by atoms with Crippen molar-refractivity contribution < 1.29 is 14.8 Å². The molecule has 1 N–H and O–H groups in total. The van der Waals surface area contributed by atoms with Gasteiger partial charge in [-0.25, -0.2) is 0 Å². The molecule has 13 heavy (non-hydrogen) atoms. The Balaban J connectivity index is 3.50. The predicted molar refractivity (Wildman–Crippen MR) is 47.2 cm³/mol. The molecule has 0 aromatic heterocycles. The third-order valence-electron chi connectivity index (χ3n) is 1.95. The lowest BCUT2D eigenvalue weighted by Gasteiger charge is -2.05. The van der Waals surface area contributed by atoms with Crippen molar-refractivity contribution >= 4 is 5.97 Å². The van der Waals surface area contributed by atoms with E-state index >= 15 is 0 Å². The minimum absolute atomic E-state index is 0.105. The summed E-state index contributed by atoms with van der Waals surface area (Å²) in [6, 6.07) is -0.506. The highest BCUT2D eigenvalue weighted by Gasteiger charge is 2.16. The molecule has 76 valence electrons. The fourth-order valence-electron chi connectivity index (χ4n) is 1.11. The van der Waals surface area contributed by atoms with Gasteiger partial charge >= 0.3 is 5.97 Å². The average molecular weight is 189 g/mol. The summed E-state index contributed by atoms with van der Waals surface area (Å²) >= 11 is 0. The number of hydrogen-bond acceptors (Lipinski definition) is 3. The fraction of sp³-hybridized carbons (Fsp3) is 0.875. The van der Waals surface area contributed by atoms with Gasteiger partial charge in [0.2, 0.25) is 6.04 Å². The highest BCUT2D eigenvalue weighted by atomic mass is 16.6. The Morgan fingerprint density at radius 3 is 2.54 bits per heavy atom. The molecule has 0 amide bonds. The first-order valence-electron chi connectivity index (χ1n) is 4.43. The van der Waals surface area contributed by atoms with Crippen molar-refractivity contribution in [3.8, 4) is 0 Å². The Hall–Kier alpha value is -1.13. The van der Waals surface area contributed by atoms with Gasteiger partial charge in [0.25, 0.3) is 0 Å². The Bertz CT molecular complexity index is 181. The molecule has 0 heterocycles. The lowest BCUT2D eigenvalue weighted by atomic mass is 10.1. The second kappa shape index (κ2) is 6.39. The number of carboxylic acids is 1. The van der Waals surface area contributed by atoms with Crippen LogP contribution in [-0.4, -0.2) is 22.0 Å². The van der Waals surface area contributed by atoms with Crippen LogP contribution in [0.5, 0.6) is 0 Å². The van der Waals surface area contributed by atoms with Gasteiger partial charge in [-0.15, -0.1) is 0 Å². The van der Waals surface area contributed by atoms with Crippen molar-refractivity contribution in [2.24, 2.45) is 0 Å². The first kappa shape index (κ1) is 11.9. The van der Waals surface area contributed by atoms with Gasteiger partial charge in [-0.2, -0.15) is 0 Å². The van der Waals surface area contributed by atoms with E-state index < -0.39 is 12.0 Å². The molecule has 0 bridgehead atoms. The van der Waals surface area contributed by atoms with E-state index in [1.54, 1.807) is 6.92 Å². The third kappa shape index (κ3) is 6.07. The summed E-state index contributed by atoms with van der Waals surface area (Å²) in [5, 5.41) is 18.7. The molecule has 1 atom stereocenters. The van der Waals surface area contributed by atoms with E-state index in [1.165, 1.54) is 0 Å². The Kier molecular flexibility index (Phi) is 5.84. The first-order valence-corrected chi connectivity index (χ1v) is 4.43. The maximum absolute atomic E-state index is 10.3.